The highest BCUT2D eigenvalue weighted by atomic mass is 32.2. The van der Waals surface area contributed by atoms with Gasteiger partial charge in [0.25, 0.3) is 0 Å². The van der Waals surface area contributed by atoms with Gasteiger partial charge in [-0.05, 0) is 30.5 Å². The smallest absolute Gasteiger partial charge is 0.233 e. The maximum absolute atomic E-state index is 12.9. The van der Waals surface area contributed by atoms with Gasteiger partial charge in [0, 0.05) is 39.5 Å². The number of hydrogen-bond donors (Lipinski definition) is 1. The Bertz CT molecular complexity index is 744. The Balaban J connectivity index is 1.64. The number of carbonyl (C=O) groups is 1. The third-order valence-corrected chi connectivity index (χ3v) is 6.24. The monoisotopic (exact) mass is 407 g/mol. The lowest BCUT2D eigenvalue weighted by Crippen LogP contribution is -2.38. The second-order valence-corrected chi connectivity index (χ2v) is 8.90. The molecule has 1 aliphatic rings. The van der Waals surface area contributed by atoms with Crippen LogP contribution in [0.25, 0.3) is 0 Å². The van der Waals surface area contributed by atoms with Gasteiger partial charge in [-0.25, -0.2) is 0 Å². The van der Waals surface area contributed by atoms with Crippen molar-refractivity contribution in [3.05, 3.63) is 29.8 Å². The molecule has 7 nitrogen and oxygen atoms in total. The van der Waals surface area contributed by atoms with E-state index in [-0.39, 0.29) is 12.0 Å². The van der Waals surface area contributed by atoms with Gasteiger partial charge in [-0.3, -0.25) is 4.79 Å². The molecule has 1 aromatic heterocycles. The molecule has 146 valence electrons. The first kappa shape index (κ1) is 19.9. The predicted octanol–water partition coefficient (Wildman–Crippen LogP) is 2.49. The lowest BCUT2D eigenvalue weighted by Gasteiger charge is -2.26. The molecule has 1 aromatic carbocycles. The van der Waals surface area contributed by atoms with Crippen LogP contribution in [-0.4, -0.2) is 60.1 Å². The van der Waals surface area contributed by atoms with Crippen molar-refractivity contribution in [3.8, 4) is 0 Å². The van der Waals surface area contributed by atoms with E-state index in [0.29, 0.717) is 28.3 Å². The van der Waals surface area contributed by atoms with Crippen molar-refractivity contribution >= 4 is 39.8 Å². The number of ether oxygens (including phenoxy) is 1. The summed E-state index contributed by atoms with van der Waals surface area (Å²) in [6.45, 7) is 1.97. The topological polar surface area (TPSA) is 84.6 Å². The van der Waals surface area contributed by atoms with Gasteiger partial charge in [0.2, 0.25) is 11.0 Å². The lowest BCUT2D eigenvalue weighted by molar-refractivity contribution is -0.130. The first-order valence-electron chi connectivity index (χ1n) is 8.88. The molecule has 0 aliphatic carbocycles. The quantitative estimate of drug-likeness (QED) is 0.673. The first-order valence-corrected chi connectivity index (χ1v) is 10.7. The highest BCUT2D eigenvalue weighted by Gasteiger charge is 2.23. The highest BCUT2D eigenvalue weighted by molar-refractivity contribution is 8.01. The van der Waals surface area contributed by atoms with Crippen molar-refractivity contribution in [1.29, 1.82) is 0 Å². The molecule has 0 spiro atoms. The summed E-state index contributed by atoms with van der Waals surface area (Å²) in [7, 11) is 4.03. The van der Waals surface area contributed by atoms with Crippen LogP contribution >= 0.6 is 23.1 Å². The van der Waals surface area contributed by atoms with Gasteiger partial charge < -0.3 is 20.3 Å². The number of benzene rings is 1. The Hall–Kier alpha value is -1.84. The number of carbonyl (C=O) groups excluding carboxylic acids is 1. The number of hydrogen-bond acceptors (Lipinski definition) is 8. The summed E-state index contributed by atoms with van der Waals surface area (Å²) in [5, 5.41) is 8.17. The molecule has 27 heavy (non-hydrogen) atoms. The molecule has 1 amide bonds. The van der Waals surface area contributed by atoms with Gasteiger partial charge in [-0.1, -0.05) is 35.2 Å². The molecular formula is C18H25N5O2S2. The first-order chi connectivity index (χ1) is 13.0. The summed E-state index contributed by atoms with van der Waals surface area (Å²) in [6.07, 6.45) is 2.18. The Labute approximate surface area is 167 Å². The van der Waals surface area contributed by atoms with Gasteiger partial charge in [0.05, 0.1) is 11.9 Å². The molecule has 2 N–H and O–H groups in total. The van der Waals surface area contributed by atoms with E-state index in [9.17, 15) is 4.79 Å². The van der Waals surface area contributed by atoms with Crippen LogP contribution in [0, 0.1) is 0 Å². The Kier molecular flexibility index (Phi) is 6.92. The van der Waals surface area contributed by atoms with E-state index in [4.69, 9.17) is 10.5 Å². The Morgan fingerprint density at radius 3 is 2.70 bits per heavy atom. The van der Waals surface area contributed by atoms with Crippen LogP contribution in [0.1, 0.15) is 18.4 Å². The Morgan fingerprint density at radius 1 is 1.33 bits per heavy atom. The predicted molar refractivity (Wildman–Crippen MR) is 110 cm³/mol. The summed E-state index contributed by atoms with van der Waals surface area (Å²) in [6, 6.07) is 8.29. The fourth-order valence-corrected chi connectivity index (χ4v) is 4.44. The maximum Gasteiger partial charge on any atom is 0.233 e. The minimum atomic E-state index is 0.0703. The van der Waals surface area contributed by atoms with Crippen molar-refractivity contribution in [2.24, 2.45) is 0 Å². The average molecular weight is 408 g/mol. The summed E-state index contributed by atoms with van der Waals surface area (Å²) < 4.78 is 6.46. The summed E-state index contributed by atoms with van der Waals surface area (Å²) in [5.74, 6) is 0.387. The molecule has 9 heteroatoms. The van der Waals surface area contributed by atoms with Crippen LogP contribution in [0.3, 0.4) is 0 Å². The second kappa shape index (κ2) is 9.38. The standard InChI is InChI=1S/C18H25N5O2S2/c1-22(2)14-7-5-13(6-8-14)10-23(11-15-4-3-9-25-15)16(24)12-26-18-21-20-17(19)27-18/h5-8,15H,3-4,9-12H2,1-2H3,(H2,19,20)/t15-/m0/s1. The van der Waals surface area contributed by atoms with E-state index in [1.807, 2.05) is 19.0 Å². The van der Waals surface area contributed by atoms with Gasteiger partial charge in [-0.2, -0.15) is 0 Å². The lowest BCUT2D eigenvalue weighted by atomic mass is 10.1. The third kappa shape index (κ3) is 5.82. The van der Waals surface area contributed by atoms with Crippen LogP contribution in [0.4, 0.5) is 10.8 Å². The zero-order valence-corrected chi connectivity index (χ0v) is 17.3. The fourth-order valence-electron chi connectivity index (χ4n) is 2.90. The van der Waals surface area contributed by atoms with Gasteiger partial charge >= 0.3 is 0 Å². The minimum Gasteiger partial charge on any atom is -0.378 e. The largest absolute Gasteiger partial charge is 0.378 e. The SMILES string of the molecule is CN(C)c1ccc(CN(C[C@@H]2CCCO2)C(=O)CSc2nnc(N)s2)cc1. The zero-order valence-electron chi connectivity index (χ0n) is 15.6. The van der Waals surface area contributed by atoms with Crippen molar-refractivity contribution in [2.75, 3.05) is 43.6 Å². The van der Waals surface area contributed by atoms with Crippen molar-refractivity contribution in [2.45, 2.75) is 29.8 Å². The summed E-state index contributed by atoms with van der Waals surface area (Å²) >= 11 is 2.68. The van der Waals surface area contributed by atoms with Crippen LogP contribution in [0.2, 0.25) is 0 Å². The number of nitrogen functional groups attached to an aromatic ring is 1. The van der Waals surface area contributed by atoms with E-state index in [1.165, 1.54) is 23.1 Å². The average Bonchev–Trinajstić information content (AvgIpc) is 3.31. The molecule has 0 bridgehead atoms. The number of nitrogens with two attached hydrogens (primary N) is 1. The molecule has 1 atom stereocenters. The molecule has 0 unspecified atom stereocenters. The molecule has 2 aromatic rings. The normalized spacial score (nSPS) is 16.4. The van der Waals surface area contributed by atoms with Crippen LogP contribution in [0.5, 0.6) is 0 Å². The number of anilines is 2. The number of nitrogens with zero attached hydrogens (tertiary/aromatic N) is 4. The van der Waals surface area contributed by atoms with Crippen molar-refractivity contribution in [1.82, 2.24) is 15.1 Å². The van der Waals surface area contributed by atoms with Gasteiger partial charge in [-0.15, -0.1) is 10.2 Å². The molecular weight excluding hydrogens is 382 g/mol. The van der Waals surface area contributed by atoms with Crippen molar-refractivity contribution in [3.63, 3.8) is 0 Å². The Morgan fingerprint density at radius 2 is 2.11 bits per heavy atom. The van der Waals surface area contributed by atoms with Crippen LogP contribution in [0.15, 0.2) is 28.6 Å². The third-order valence-electron chi connectivity index (χ3n) is 4.37. The molecule has 0 saturated carbocycles. The van der Waals surface area contributed by atoms with Gasteiger partial charge in [0.1, 0.15) is 0 Å². The van der Waals surface area contributed by atoms with Crippen LogP contribution in [-0.2, 0) is 16.1 Å². The summed E-state index contributed by atoms with van der Waals surface area (Å²) in [4.78, 5) is 16.8. The van der Waals surface area contributed by atoms with E-state index in [2.05, 4.69) is 39.4 Å². The maximum atomic E-state index is 12.9. The van der Waals surface area contributed by atoms with Crippen molar-refractivity contribution < 1.29 is 9.53 Å². The molecule has 1 saturated heterocycles. The van der Waals surface area contributed by atoms with Crippen LogP contribution < -0.4 is 10.6 Å². The second-order valence-electron chi connectivity index (χ2n) is 6.67. The number of aromatic nitrogens is 2. The molecule has 1 fully saturated rings. The van der Waals surface area contributed by atoms with Gasteiger partial charge in [0.15, 0.2) is 4.34 Å². The van der Waals surface area contributed by atoms with E-state index >= 15 is 0 Å². The molecule has 1 aliphatic heterocycles. The fraction of sp³-hybridized carbons (Fsp3) is 0.500. The molecule has 2 heterocycles. The van der Waals surface area contributed by atoms with E-state index in [1.54, 1.807) is 0 Å². The minimum absolute atomic E-state index is 0.0703. The zero-order chi connectivity index (χ0) is 19.2. The van der Waals surface area contributed by atoms with E-state index in [0.717, 1.165) is 30.7 Å². The summed E-state index contributed by atoms with van der Waals surface area (Å²) in [5.41, 5.74) is 7.85. The number of rotatable bonds is 8. The molecule has 3 rings (SSSR count). The highest BCUT2D eigenvalue weighted by Crippen LogP contribution is 2.24. The number of amides is 1. The van der Waals surface area contributed by atoms with E-state index < -0.39 is 0 Å². The molecule has 0 radical (unpaired) electrons. The number of thioether (sulfide) groups is 1.